The van der Waals surface area contributed by atoms with E-state index in [1.807, 2.05) is 30.3 Å². The monoisotopic (exact) mass is 341 g/mol. The van der Waals surface area contributed by atoms with Crippen LogP contribution in [0.3, 0.4) is 0 Å². The Labute approximate surface area is 131 Å². The van der Waals surface area contributed by atoms with Crippen LogP contribution < -0.4 is 0 Å². The van der Waals surface area contributed by atoms with E-state index < -0.39 is 5.97 Å². The Morgan fingerprint density at radius 3 is 2.57 bits per heavy atom. The zero-order valence-electron chi connectivity index (χ0n) is 11.1. The predicted octanol–water partition coefficient (Wildman–Crippen LogP) is 4.08. The molecule has 0 heterocycles. The molecule has 0 aliphatic rings. The molecule has 0 aliphatic heterocycles. The molecule has 0 fully saturated rings. The van der Waals surface area contributed by atoms with Gasteiger partial charge in [-0.3, -0.25) is 0 Å². The van der Waals surface area contributed by atoms with Crippen molar-refractivity contribution in [2.24, 2.45) is 0 Å². The Morgan fingerprint density at radius 1 is 1.19 bits per heavy atom. The second kappa shape index (κ2) is 7.41. The number of hydrogen-bond acceptors (Lipinski definition) is 3. The lowest BCUT2D eigenvalue weighted by Crippen LogP contribution is -2.01. The van der Waals surface area contributed by atoms with Crippen LogP contribution in [0, 0.1) is 11.3 Å². The van der Waals surface area contributed by atoms with Crippen molar-refractivity contribution in [1.29, 1.82) is 5.26 Å². The van der Waals surface area contributed by atoms with E-state index in [2.05, 4.69) is 15.9 Å². The summed E-state index contributed by atoms with van der Waals surface area (Å²) in [5, 5.41) is 8.70. The summed E-state index contributed by atoms with van der Waals surface area (Å²) in [5.74, 6) is -0.407. The first-order valence-electron chi connectivity index (χ1n) is 6.27. The van der Waals surface area contributed by atoms with Crippen molar-refractivity contribution in [3.05, 3.63) is 75.8 Å². The Bertz CT molecular complexity index is 699. The summed E-state index contributed by atoms with van der Waals surface area (Å²) in [7, 11) is 0. The molecule has 0 saturated heterocycles. The number of nitriles is 1. The minimum Gasteiger partial charge on any atom is -0.458 e. The fraction of sp³-hybridized carbons (Fsp3) is 0.0588. The van der Waals surface area contributed by atoms with Crippen LogP contribution in [0.1, 0.15) is 16.7 Å². The van der Waals surface area contributed by atoms with E-state index in [1.54, 1.807) is 30.3 Å². The molecule has 0 unspecified atom stereocenters. The number of ether oxygens (including phenoxy) is 1. The lowest BCUT2D eigenvalue weighted by atomic mass is 10.1. The highest BCUT2D eigenvalue weighted by molar-refractivity contribution is 9.10. The smallest absolute Gasteiger partial charge is 0.331 e. The summed E-state index contributed by atoms with van der Waals surface area (Å²) < 4.78 is 6.08. The second-order valence-electron chi connectivity index (χ2n) is 4.27. The van der Waals surface area contributed by atoms with E-state index in [4.69, 9.17) is 10.00 Å². The van der Waals surface area contributed by atoms with Gasteiger partial charge < -0.3 is 4.74 Å². The van der Waals surface area contributed by atoms with Crippen molar-refractivity contribution in [3.8, 4) is 6.07 Å². The zero-order valence-corrected chi connectivity index (χ0v) is 12.7. The average Bonchev–Trinajstić information content (AvgIpc) is 2.52. The van der Waals surface area contributed by atoms with E-state index in [9.17, 15) is 4.79 Å². The number of benzene rings is 2. The number of carbonyl (C=O) groups excluding carboxylic acids is 1. The lowest BCUT2D eigenvalue weighted by molar-refractivity contribution is -0.138. The molecule has 0 atom stereocenters. The summed E-state index contributed by atoms with van der Waals surface area (Å²) in [6.45, 7) is 0.220. The van der Waals surface area contributed by atoms with E-state index >= 15 is 0 Å². The van der Waals surface area contributed by atoms with E-state index in [0.717, 1.165) is 15.6 Å². The van der Waals surface area contributed by atoms with Crippen LogP contribution in [0.2, 0.25) is 0 Å². The summed E-state index contributed by atoms with van der Waals surface area (Å²) in [6.07, 6.45) is 3.03. The molecule has 0 amide bonds. The standard InChI is InChI=1S/C17H12BrNO2/c18-16-4-2-1-3-15(16)12-21-17(20)10-9-13-5-7-14(11-19)8-6-13/h1-10H,12H2/b10-9+. The molecule has 0 spiro atoms. The molecule has 4 heteroatoms. The van der Waals surface area contributed by atoms with Crippen molar-refractivity contribution in [3.63, 3.8) is 0 Å². The highest BCUT2D eigenvalue weighted by Crippen LogP contribution is 2.16. The third-order valence-electron chi connectivity index (χ3n) is 2.78. The molecular weight excluding hydrogens is 330 g/mol. The molecule has 0 radical (unpaired) electrons. The Hall–Kier alpha value is -2.38. The second-order valence-corrected chi connectivity index (χ2v) is 5.12. The fourth-order valence-electron chi connectivity index (χ4n) is 1.65. The summed E-state index contributed by atoms with van der Waals surface area (Å²) >= 11 is 3.40. The third-order valence-corrected chi connectivity index (χ3v) is 3.55. The molecule has 3 nitrogen and oxygen atoms in total. The van der Waals surface area contributed by atoms with Gasteiger partial charge in [0.2, 0.25) is 0 Å². The summed E-state index contributed by atoms with van der Waals surface area (Å²) in [5.41, 5.74) is 2.34. The van der Waals surface area contributed by atoms with Crippen molar-refractivity contribution in [2.45, 2.75) is 6.61 Å². The van der Waals surface area contributed by atoms with Crippen LogP contribution in [0.5, 0.6) is 0 Å². The molecule has 2 aromatic carbocycles. The molecule has 0 aliphatic carbocycles. The van der Waals surface area contributed by atoms with Gasteiger partial charge in [-0.15, -0.1) is 0 Å². The van der Waals surface area contributed by atoms with Gasteiger partial charge in [0, 0.05) is 16.1 Å². The SMILES string of the molecule is N#Cc1ccc(/C=C/C(=O)OCc2ccccc2Br)cc1. The largest absolute Gasteiger partial charge is 0.458 e. The first kappa shape index (κ1) is 15.0. The van der Waals surface area contributed by atoms with Gasteiger partial charge in [-0.25, -0.2) is 4.79 Å². The third kappa shape index (κ3) is 4.59. The first-order valence-corrected chi connectivity index (χ1v) is 7.07. The summed E-state index contributed by atoms with van der Waals surface area (Å²) in [6, 6.07) is 16.6. The first-order chi connectivity index (χ1) is 10.2. The molecule has 0 aromatic heterocycles. The van der Waals surface area contributed by atoms with Crippen LogP contribution in [0.4, 0.5) is 0 Å². The maximum Gasteiger partial charge on any atom is 0.331 e. The molecule has 2 aromatic rings. The predicted molar refractivity (Wildman–Crippen MR) is 84.1 cm³/mol. The topological polar surface area (TPSA) is 50.1 Å². The Morgan fingerprint density at radius 2 is 1.90 bits per heavy atom. The van der Waals surface area contributed by atoms with Gasteiger partial charge in [0.25, 0.3) is 0 Å². The van der Waals surface area contributed by atoms with Crippen molar-refractivity contribution < 1.29 is 9.53 Å². The molecule has 0 saturated carbocycles. The summed E-state index contributed by atoms with van der Waals surface area (Å²) in [4.78, 5) is 11.6. The molecule has 104 valence electrons. The van der Waals surface area contributed by atoms with Gasteiger partial charge in [-0.05, 0) is 29.8 Å². The van der Waals surface area contributed by atoms with Crippen LogP contribution in [-0.2, 0) is 16.1 Å². The maximum absolute atomic E-state index is 11.6. The lowest BCUT2D eigenvalue weighted by Gasteiger charge is -2.04. The fourth-order valence-corrected chi connectivity index (χ4v) is 2.04. The van der Waals surface area contributed by atoms with E-state index in [1.165, 1.54) is 6.08 Å². The zero-order chi connectivity index (χ0) is 15.1. The van der Waals surface area contributed by atoms with Crippen LogP contribution in [-0.4, -0.2) is 5.97 Å². The molecule has 2 rings (SSSR count). The van der Waals surface area contributed by atoms with Gasteiger partial charge in [0.15, 0.2) is 0 Å². The van der Waals surface area contributed by atoms with Gasteiger partial charge >= 0.3 is 5.97 Å². The number of nitrogens with zero attached hydrogens (tertiary/aromatic N) is 1. The van der Waals surface area contributed by atoms with Crippen molar-refractivity contribution in [1.82, 2.24) is 0 Å². The normalized spacial score (nSPS) is 10.3. The minimum absolute atomic E-state index is 0.220. The Kier molecular flexibility index (Phi) is 5.30. The van der Waals surface area contributed by atoms with Crippen LogP contribution in [0.25, 0.3) is 6.08 Å². The number of hydrogen-bond donors (Lipinski definition) is 0. The minimum atomic E-state index is -0.407. The van der Waals surface area contributed by atoms with E-state index in [-0.39, 0.29) is 6.61 Å². The van der Waals surface area contributed by atoms with Gasteiger partial charge in [-0.1, -0.05) is 46.3 Å². The molecule has 0 N–H and O–H groups in total. The van der Waals surface area contributed by atoms with Gasteiger partial charge in [0.1, 0.15) is 6.61 Å². The molecular formula is C17H12BrNO2. The molecule has 21 heavy (non-hydrogen) atoms. The average molecular weight is 342 g/mol. The Balaban J connectivity index is 1.91. The van der Waals surface area contributed by atoms with Crippen molar-refractivity contribution >= 4 is 28.0 Å². The molecule has 0 bridgehead atoms. The van der Waals surface area contributed by atoms with Crippen LogP contribution >= 0.6 is 15.9 Å². The highest BCUT2D eigenvalue weighted by Gasteiger charge is 2.02. The maximum atomic E-state index is 11.6. The highest BCUT2D eigenvalue weighted by atomic mass is 79.9. The van der Waals surface area contributed by atoms with Gasteiger partial charge in [0.05, 0.1) is 11.6 Å². The van der Waals surface area contributed by atoms with Gasteiger partial charge in [-0.2, -0.15) is 5.26 Å². The van der Waals surface area contributed by atoms with E-state index in [0.29, 0.717) is 5.56 Å². The number of carbonyl (C=O) groups is 1. The number of halogens is 1. The van der Waals surface area contributed by atoms with Crippen molar-refractivity contribution in [2.75, 3.05) is 0 Å². The number of esters is 1. The quantitative estimate of drug-likeness (QED) is 0.621. The van der Waals surface area contributed by atoms with Crippen LogP contribution in [0.15, 0.2) is 59.1 Å². The number of rotatable bonds is 4.